The van der Waals surface area contributed by atoms with Gasteiger partial charge in [0.15, 0.2) is 5.82 Å². The second kappa shape index (κ2) is 5.30. The molecule has 8 heteroatoms. The molecule has 8 nitrogen and oxygen atoms in total. The first-order valence-electron chi connectivity index (χ1n) is 5.46. The summed E-state index contributed by atoms with van der Waals surface area (Å²) in [7, 11) is 0. The third-order valence-corrected chi connectivity index (χ3v) is 2.64. The van der Waals surface area contributed by atoms with Crippen molar-refractivity contribution in [3.05, 3.63) is 18.6 Å². The molecule has 1 fully saturated rings. The smallest absolute Gasteiger partial charge is 0.407 e. The van der Waals surface area contributed by atoms with Crippen LogP contribution in [0.4, 0.5) is 15.4 Å². The van der Waals surface area contributed by atoms with Crippen LogP contribution in [0.5, 0.6) is 0 Å². The van der Waals surface area contributed by atoms with E-state index in [4.69, 9.17) is 5.11 Å². The van der Waals surface area contributed by atoms with Crippen molar-refractivity contribution in [1.29, 1.82) is 0 Å². The number of nitrogens with one attached hydrogen (secondary N) is 1. The molecule has 1 aliphatic rings. The van der Waals surface area contributed by atoms with Crippen molar-refractivity contribution in [2.75, 3.05) is 31.5 Å². The number of hydrogen-bond donors (Lipinski definition) is 2. The molecule has 0 aliphatic carbocycles. The number of aromatic nitrogens is 2. The average molecular weight is 251 g/mol. The lowest BCUT2D eigenvalue weighted by Gasteiger charge is -2.32. The fraction of sp³-hybridized carbons (Fsp3) is 0.400. The summed E-state index contributed by atoms with van der Waals surface area (Å²) >= 11 is 0. The summed E-state index contributed by atoms with van der Waals surface area (Å²) in [4.78, 5) is 33.1. The number of carbonyl (C=O) groups is 2. The molecule has 0 saturated carbocycles. The predicted octanol–water partition coefficient (Wildman–Crippen LogP) is 0.304. The van der Waals surface area contributed by atoms with Crippen molar-refractivity contribution in [1.82, 2.24) is 19.8 Å². The van der Waals surface area contributed by atoms with Crippen molar-refractivity contribution in [3.8, 4) is 0 Å². The highest BCUT2D eigenvalue weighted by atomic mass is 16.4. The van der Waals surface area contributed by atoms with Gasteiger partial charge < -0.3 is 14.9 Å². The van der Waals surface area contributed by atoms with E-state index in [1.165, 1.54) is 23.5 Å². The summed E-state index contributed by atoms with van der Waals surface area (Å²) in [6.07, 6.45) is 3.49. The molecule has 0 bridgehead atoms. The van der Waals surface area contributed by atoms with Gasteiger partial charge in [-0.25, -0.2) is 14.6 Å². The molecule has 0 radical (unpaired) electrons. The number of piperazine rings is 1. The van der Waals surface area contributed by atoms with Crippen LogP contribution >= 0.6 is 0 Å². The van der Waals surface area contributed by atoms with E-state index in [2.05, 4.69) is 15.3 Å². The molecule has 2 heterocycles. The number of carboxylic acid groups (broad SMARTS) is 1. The number of rotatable bonds is 1. The van der Waals surface area contributed by atoms with E-state index in [0.717, 1.165) is 0 Å². The van der Waals surface area contributed by atoms with E-state index in [0.29, 0.717) is 32.0 Å². The van der Waals surface area contributed by atoms with Gasteiger partial charge in [-0.2, -0.15) is 0 Å². The lowest BCUT2D eigenvalue weighted by atomic mass is 10.3. The summed E-state index contributed by atoms with van der Waals surface area (Å²) in [6.45, 7) is 1.39. The number of hydrogen-bond acceptors (Lipinski definition) is 4. The van der Waals surface area contributed by atoms with Crippen LogP contribution in [0.15, 0.2) is 18.6 Å². The van der Waals surface area contributed by atoms with E-state index in [1.54, 1.807) is 4.90 Å². The monoisotopic (exact) mass is 251 g/mol. The maximum atomic E-state index is 11.8. The maximum absolute atomic E-state index is 11.8. The van der Waals surface area contributed by atoms with Crippen LogP contribution in [0.2, 0.25) is 0 Å². The second-order valence-corrected chi connectivity index (χ2v) is 3.78. The van der Waals surface area contributed by atoms with Crippen LogP contribution in [-0.2, 0) is 0 Å². The van der Waals surface area contributed by atoms with Gasteiger partial charge in [-0.15, -0.1) is 0 Å². The molecule has 96 valence electrons. The minimum Gasteiger partial charge on any atom is -0.465 e. The third kappa shape index (κ3) is 2.84. The number of nitrogens with zero attached hydrogens (tertiary/aromatic N) is 4. The fourth-order valence-electron chi connectivity index (χ4n) is 1.65. The summed E-state index contributed by atoms with van der Waals surface area (Å²) in [6, 6.07) is -0.291. The highest BCUT2D eigenvalue weighted by molar-refractivity contribution is 5.88. The molecule has 0 aromatic carbocycles. The summed E-state index contributed by atoms with van der Waals surface area (Å²) in [5.74, 6) is 0.378. The molecule has 0 atom stereocenters. The first-order valence-corrected chi connectivity index (χ1v) is 5.46. The van der Waals surface area contributed by atoms with Crippen LogP contribution in [-0.4, -0.2) is 63.2 Å². The van der Waals surface area contributed by atoms with Gasteiger partial charge in [-0.05, 0) is 0 Å². The number of amides is 3. The molecule has 1 aliphatic heterocycles. The Bertz CT molecular complexity index is 430. The van der Waals surface area contributed by atoms with Crippen LogP contribution in [0.1, 0.15) is 0 Å². The van der Waals surface area contributed by atoms with Gasteiger partial charge in [0.05, 0.1) is 6.20 Å². The Morgan fingerprint density at radius 2 is 1.83 bits per heavy atom. The van der Waals surface area contributed by atoms with Crippen molar-refractivity contribution in [2.24, 2.45) is 0 Å². The lowest BCUT2D eigenvalue weighted by Crippen LogP contribution is -2.51. The number of urea groups is 1. The minimum atomic E-state index is -0.955. The Morgan fingerprint density at radius 1 is 1.17 bits per heavy atom. The molecule has 1 aromatic heterocycles. The van der Waals surface area contributed by atoms with Crippen molar-refractivity contribution >= 4 is 17.9 Å². The minimum absolute atomic E-state index is 0.291. The van der Waals surface area contributed by atoms with E-state index >= 15 is 0 Å². The zero-order valence-corrected chi connectivity index (χ0v) is 9.61. The molecule has 1 saturated heterocycles. The van der Waals surface area contributed by atoms with Crippen molar-refractivity contribution in [2.45, 2.75) is 0 Å². The first-order chi connectivity index (χ1) is 8.66. The Labute approximate surface area is 103 Å². The Kier molecular flexibility index (Phi) is 3.56. The van der Waals surface area contributed by atoms with E-state index in [1.807, 2.05) is 0 Å². The normalized spacial score (nSPS) is 15.3. The van der Waals surface area contributed by atoms with Gasteiger partial charge in [-0.3, -0.25) is 10.3 Å². The van der Waals surface area contributed by atoms with E-state index < -0.39 is 6.09 Å². The van der Waals surface area contributed by atoms with Gasteiger partial charge >= 0.3 is 12.1 Å². The molecule has 1 aromatic rings. The summed E-state index contributed by atoms with van der Waals surface area (Å²) in [5, 5.41) is 11.4. The molecule has 0 spiro atoms. The fourth-order valence-corrected chi connectivity index (χ4v) is 1.65. The molecule has 2 N–H and O–H groups in total. The SMILES string of the molecule is O=C(O)N1CCN(C(=O)Nc2cnccn2)CC1. The van der Waals surface area contributed by atoms with Gasteiger partial charge in [-0.1, -0.05) is 0 Å². The van der Waals surface area contributed by atoms with E-state index in [-0.39, 0.29) is 6.03 Å². The highest BCUT2D eigenvalue weighted by Crippen LogP contribution is 2.05. The lowest BCUT2D eigenvalue weighted by molar-refractivity contribution is 0.115. The van der Waals surface area contributed by atoms with E-state index in [9.17, 15) is 9.59 Å². The highest BCUT2D eigenvalue weighted by Gasteiger charge is 2.23. The van der Waals surface area contributed by atoms with Crippen molar-refractivity contribution < 1.29 is 14.7 Å². The van der Waals surface area contributed by atoms with Crippen LogP contribution in [0, 0.1) is 0 Å². The molecule has 3 amide bonds. The second-order valence-electron chi connectivity index (χ2n) is 3.78. The molecule has 0 unspecified atom stereocenters. The Balaban J connectivity index is 1.86. The Morgan fingerprint density at radius 3 is 2.39 bits per heavy atom. The topological polar surface area (TPSA) is 98.7 Å². The van der Waals surface area contributed by atoms with Crippen molar-refractivity contribution in [3.63, 3.8) is 0 Å². The quantitative estimate of drug-likeness (QED) is 0.748. The molecular formula is C10H13N5O3. The molecule has 2 rings (SSSR count). The zero-order valence-electron chi connectivity index (χ0n) is 9.61. The van der Waals surface area contributed by atoms with Gasteiger partial charge in [0, 0.05) is 38.6 Å². The molecule has 18 heavy (non-hydrogen) atoms. The standard InChI is InChI=1S/C10H13N5O3/c16-9(13-8-7-11-1-2-12-8)14-3-5-15(6-4-14)10(17)18/h1-2,7H,3-6H2,(H,17,18)(H,12,13,16). The Hall–Kier alpha value is -2.38. The number of anilines is 1. The summed E-state index contributed by atoms with van der Waals surface area (Å²) < 4.78 is 0. The maximum Gasteiger partial charge on any atom is 0.407 e. The first kappa shape index (κ1) is 12.1. The average Bonchev–Trinajstić information content (AvgIpc) is 2.40. The number of carbonyl (C=O) groups excluding carboxylic acids is 1. The van der Waals surface area contributed by atoms with Crippen LogP contribution in [0.3, 0.4) is 0 Å². The van der Waals surface area contributed by atoms with Crippen LogP contribution < -0.4 is 5.32 Å². The zero-order chi connectivity index (χ0) is 13.0. The molecular weight excluding hydrogens is 238 g/mol. The van der Waals surface area contributed by atoms with Gasteiger partial charge in [0.2, 0.25) is 0 Å². The van der Waals surface area contributed by atoms with Gasteiger partial charge in [0.1, 0.15) is 0 Å². The third-order valence-electron chi connectivity index (χ3n) is 2.64. The predicted molar refractivity (Wildman–Crippen MR) is 62.2 cm³/mol. The summed E-state index contributed by atoms with van der Waals surface area (Å²) in [5.41, 5.74) is 0. The van der Waals surface area contributed by atoms with Gasteiger partial charge in [0.25, 0.3) is 0 Å². The largest absolute Gasteiger partial charge is 0.465 e. The van der Waals surface area contributed by atoms with Crippen LogP contribution in [0.25, 0.3) is 0 Å².